The normalized spacial score (nSPS) is 13.3. The molecule has 0 aliphatic carbocycles. The van der Waals surface area contributed by atoms with E-state index in [1.54, 1.807) is 6.08 Å². The first kappa shape index (κ1) is 37.1. The van der Waals surface area contributed by atoms with Gasteiger partial charge in [0.15, 0.2) is 0 Å². The van der Waals surface area contributed by atoms with Gasteiger partial charge in [0.2, 0.25) is 5.91 Å². The minimum atomic E-state index is -0.830. The van der Waals surface area contributed by atoms with Crippen molar-refractivity contribution in [1.82, 2.24) is 5.32 Å². The highest BCUT2D eigenvalue weighted by Crippen LogP contribution is 2.14. The molecule has 0 aromatic rings. The highest BCUT2D eigenvalue weighted by Gasteiger charge is 2.17. The van der Waals surface area contributed by atoms with Gasteiger partial charge in [0.25, 0.3) is 0 Å². The number of aliphatic hydroxyl groups excluding tert-OH is 2. The van der Waals surface area contributed by atoms with Crippen LogP contribution in [0.15, 0.2) is 12.2 Å². The van der Waals surface area contributed by atoms with Crippen LogP contribution in [0, 0.1) is 0 Å². The molecule has 226 valence electrons. The van der Waals surface area contributed by atoms with E-state index in [2.05, 4.69) is 19.2 Å². The van der Waals surface area contributed by atoms with E-state index in [0.717, 1.165) is 25.7 Å². The van der Waals surface area contributed by atoms with Crippen molar-refractivity contribution >= 4 is 5.91 Å². The lowest BCUT2D eigenvalue weighted by Gasteiger charge is -2.20. The van der Waals surface area contributed by atoms with Crippen LogP contribution in [-0.4, -0.2) is 34.9 Å². The summed E-state index contributed by atoms with van der Waals surface area (Å²) in [6.45, 7) is 4.28. The molecule has 0 saturated heterocycles. The van der Waals surface area contributed by atoms with Crippen LogP contribution in [-0.2, 0) is 4.79 Å². The molecule has 0 heterocycles. The van der Waals surface area contributed by atoms with Gasteiger partial charge in [0.1, 0.15) is 0 Å². The molecule has 4 nitrogen and oxygen atoms in total. The van der Waals surface area contributed by atoms with E-state index in [4.69, 9.17) is 0 Å². The molecule has 4 heteroatoms. The van der Waals surface area contributed by atoms with E-state index in [1.165, 1.54) is 135 Å². The summed E-state index contributed by atoms with van der Waals surface area (Å²) in [4.78, 5) is 12.2. The zero-order valence-corrected chi connectivity index (χ0v) is 25.7. The Labute approximate surface area is 237 Å². The molecule has 0 unspecified atom stereocenters. The SMILES string of the molecule is CCCCCCCCCCCCCCCC/C=C/[C@@H](O)[C@H](CO)NC(=O)CCCCCCCCCCCC. The van der Waals surface area contributed by atoms with Crippen LogP contribution < -0.4 is 5.32 Å². The molecular weight excluding hydrogens is 470 g/mol. The Hall–Kier alpha value is -0.870. The number of nitrogens with one attached hydrogen (secondary N) is 1. The maximum absolute atomic E-state index is 12.2. The van der Waals surface area contributed by atoms with Gasteiger partial charge in [-0.15, -0.1) is 0 Å². The average Bonchev–Trinajstić information content (AvgIpc) is 2.92. The number of amides is 1. The lowest BCUT2D eigenvalue weighted by atomic mass is 10.0. The van der Waals surface area contributed by atoms with Gasteiger partial charge in [0, 0.05) is 6.42 Å². The van der Waals surface area contributed by atoms with E-state index in [-0.39, 0.29) is 12.5 Å². The summed E-state index contributed by atoms with van der Waals surface area (Å²) in [6.07, 6.45) is 35.7. The quantitative estimate of drug-likeness (QED) is 0.0631. The monoisotopic (exact) mass is 538 g/mol. The fourth-order valence-electron chi connectivity index (χ4n) is 5.12. The molecule has 1 amide bonds. The number of hydrogen-bond acceptors (Lipinski definition) is 3. The van der Waals surface area contributed by atoms with E-state index in [1.807, 2.05) is 6.08 Å². The van der Waals surface area contributed by atoms with Gasteiger partial charge in [-0.1, -0.05) is 167 Å². The van der Waals surface area contributed by atoms with Crippen molar-refractivity contribution in [3.05, 3.63) is 12.2 Å². The molecule has 0 radical (unpaired) electrons. The maximum atomic E-state index is 12.2. The fraction of sp³-hybridized carbons (Fsp3) is 0.912. The molecule has 0 rings (SSSR count). The third kappa shape index (κ3) is 26.7. The highest BCUT2D eigenvalue weighted by molar-refractivity contribution is 5.76. The van der Waals surface area contributed by atoms with Crippen LogP contribution in [0.4, 0.5) is 0 Å². The Morgan fingerprint density at radius 1 is 0.605 bits per heavy atom. The van der Waals surface area contributed by atoms with Crippen molar-refractivity contribution in [3.63, 3.8) is 0 Å². The Balaban J connectivity index is 3.62. The number of unbranched alkanes of at least 4 members (excludes halogenated alkanes) is 23. The van der Waals surface area contributed by atoms with Crippen LogP contribution >= 0.6 is 0 Å². The first-order valence-corrected chi connectivity index (χ1v) is 16.9. The summed E-state index contributed by atoms with van der Waals surface area (Å²) < 4.78 is 0. The first-order chi connectivity index (χ1) is 18.7. The van der Waals surface area contributed by atoms with Gasteiger partial charge in [-0.05, 0) is 19.3 Å². The van der Waals surface area contributed by atoms with E-state index in [9.17, 15) is 15.0 Å². The van der Waals surface area contributed by atoms with Crippen LogP contribution in [0.2, 0.25) is 0 Å². The molecule has 0 aliphatic rings. The van der Waals surface area contributed by atoms with Gasteiger partial charge in [0.05, 0.1) is 18.8 Å². The number of carbonyl (C=O) groups is 1. The minimum absolute atomic E-state index is 0.0666. The standard InChI is InChI=1S/C34H67NO3/c1-3-5-7-9-11-13-15-16-17-18-19-20-21-23-25-27-29-33(37)32(31-36)35-34(38)30-28-26-24-22-14-12-10-8-6-4-2/h27,29,32-33,36-37H,3-26,28,30-31H2,1-2H3,(H,35,38)/b29-27+/t32-,33+/m0/s1. The molecule has 3 N–H and O–H groups in total. The number of allylic oxidation sites excluding steroid dienone is 1. The molecule has 2 atom stereocenters. The molecule has 0 spiro atoms. The summed E-state index contributed by atoms with van der Waals surface area (Å²) in [5, 5.41) is 22.8. The number of carbonyl (C=O) groups excluding carboxylic acids is 1. The largest absolute Gasteiger partial charge is 0.394 e. The van der Waals surface area contributed by atoms with Crippen LogP contribution in [0.3, 0.4) is 0 Å². The Morgan fingerprint density at radius 2 is 0.974 bits per heavy atom. The Morgan fingerprint density at radius 3 is 1.37 bits per heavy atom. The summed E-state index contributed by atoms with van der Waals surface area (Å²) in [5.41, 5.74) is 0. The van der Waals surface area contributed by atoms with Crippen LogP contribution in [0.1, 0.15) is 181 Å². The zero-order chi connectivity index (χ0) is 27.9. The maximum Gasteiger partial charge on any atom is 0.220 e. The van der Waals surface area contributed by atoms with Gasteiger partial charge < -0.3 is 15.5 Å². The van der Waals surface area contributed by atoms with Crippen molar-refractivity contribution in [2.45, 2.75) is 193 Å². The predicted molar refractivity (Wildman–Crippen MR) is 166 cm³/mol. The van der Waals surface area contributed by atoms with Crippen molar-refractivity contribution in [2.75, 3.05) is 6.61 Å². The smallest absolute Gasteiger partial charge is 0.220 e. The van der Waals surface area contributed by atoms with E-state index < -0.39 is 12.1 Å². The lowest BCUT2D eigenvalue weighted by Crippen LogP contribution is -2.45. The fourth-order valence-corrected chi connectivity index (χ4v) is 5.12. The number of hydrogen-bond donors (Lipinski definition) is 3. The number of rotatable bonds is 30. The third-order valence-electron chi connectivity index (χ3n) is 7.77. The molecule has 0 bridgehead atoms. The van der Waals surface area contributed by atoms with Gasteiger partial charge in [-0.25, -0.2) is 0 Å². The molecule has 0 aromatic carbocycles. The third-order valence-corrected chi connectivity index (χ3v) is 7.77. The van der Waals surface area contributed by atoms with E-state index in [0.29, 0.717) is 6.42 Å². The summed E-state index contributed by atoms with van der Waals surface area (Å²) in [5.74, 6) is -0.0666. The van der Waals surface area contributed by atoms with Crippen molar-refractivity contribution in [2.24, 2.45) is 0 Å². The van der Waals surface area contributed by atoms with Crippen molar-refractivity contribution in [1.29, 1.82) is 0 Å². The summed E-state index contributed by atoms with van der Waals surface area (Å²) in [7, 11) is 0. The second-order valence-corrected chi connectivity index (χ2v) is 11.6. The molecule has 0 saturated carbocycles. The lowest BCUT2D eigenvalue weighted by molar-refractivity contribution is -0.123. The molecular formula is C34H67NO3. The number of aliphatic hydroxyl groups is 2. The van der Waals surface area contributed by atoms with Gasteiger partial charge in [-0.2, -0.15) is 0 Å². The summed E-state index contributed by atoms with van der Waals surface area (Å²) in [6, 6.07) is -0.613. The predicted octanol–water partition coefficient (Wildman–Crippen LogP) is 9.56. The van der Waals surface area contributed by atoms with Gasteiger partial charge in [-0.3, -0.25) is 4.79 Å². The average molecular weight is 538 g/mol. The Bertz CT molecular complexity index is 508. The second kappa shape index (κ2) is 30.7. The first-order valence-electron chi connectivity index (χ1n) is 16.9. The van der Waals surface area contributed by atoms with Crippen molar-refractivity contribution in [3.8, 4) is 0 Å². The molecule has 0 aliphatic heterocycles. The molecule has 38 heavy (non-hydrogen) atoms. The molecule has 0 fully saturated rings. The van der Waals surface area contributed by atoms with Crippen LogP contribution in [0.25, 0.3) is 0 Å². The second-order valence-electron chi connectivity index (χ2n) is 11.6. The zero-order valence-electron chi connectivity index (χ0n) is 25.7. The molecule has 0 aromatic heterocycles. The topological polar surface area (TPSA) is 69.6 Å². The highest BCUT2D eigenvalue weighted by atomic mass is 16.3. The summed E-state index contributed by atoms with van der Waals surface area (Å²) >= 11 is 0. The van der Waals surface area contributed by atoms with Crippen molar-refractivity contribution < 1.29 is 15.0 Å². The minimum Gasteiger partial charge on any atom is -0.394 e. The van der Waals surface area contributed by atoms with E-state index >= 15 is 0 Å². The van der Waals surface area contributed by atoms with Gasteiger partial charge >= 0.3 is 0 Å². The Kier molecular flexibility index (Phi) is 30.0. The van der Waals surface area contributed by atoms with Crippen LogP contribution in [0.5, 0.6) is 0 Å².